The first-order valence-corrected chi connectivity index (χ1v) is 22.0. The number of anilines is 3. The number of para-hydroxylation sites is 1. The predicted octanol–water partition coefficient (Wildman–Crippen LogP) is 17.4. The van der Waals surface area contributed by atoms with Gasteiger partial charge in [-0.1, -0.05) is 140 Å². The van der Waals surface area contributed by atoms with Crippen LogP contribution < -0.4 is 4.90 Å². The second kappa shape index (κ2) is 13.1. The van der Waals surface area contributed by atoms with E-state index >= 15 is 0 Å². The number of rotatable bonds is 5. The minimum Gasteiger partial charge on any atom is -0.455 e. The zero-order valence-electron chi connectivity index (χ0n) is 32.2. The van der Waals surface area contributed by atoms with E-state index in [1.54, 1.807) is 0 Å². The van der Waals surface area contributed by atoms with E-state index in [1.165, 1.54) is 78.8 Å². The summed E-state index contributed by atoms with van der Waals surface area (Å²) in [6, 6.07) is 73.2. The van der Waals surface area contributed by atoms with Gasteiger partial charge < -0.3 is 9.32 Å². The van der Waals surface area contributed by atoms with Crippen LogP contribution in [0.3, 0.4) is 0 Å². The number of benzene rings is 10. The van der Waals surface area contributed by atoms with Gasteiger partial charge in [-0.15, -0.1) is 22.7 Å². The summed E-state index contributed by atoms with van der Waals surface area (Å²) in [4.78, 5) is 2.39. The van der Waals surface area contributed by atoms with Gasteiger partial charge in [0.25, 0.3) is 0 Å². The van der Waals surface area contributed by atoms with Gasteiger partial charge in [0.15, 0.2) is 0 Å². The van der Waals surface area contributed by atoms with E-state index in [0.29, 0.717) is 0 Å². The number of hydrogen-bond acceptors (Lipinski definition) is 4. The fourth-order valence-electron chi connectivity index (χ4n) is 9.43. The first-order valence-electron chi connectivity index (χ1n) is 20.3. The van der Waals surface area contributed by atoms with Crippen LogP contribution >= 0.6 is 22.7 Å². The van der Waals surface area contributed by atoms with Crippen LogP contribution in [-0.2, 0) is 0 Å². The van der Waals surface area contributed by atoms with Crippen molar-refractivity contribution in [3.63, 3.8) is 0 Å². The van der Waals surface area contributed by atoms with Crippen molar-refractivity contribution in [1.82, 2.24) is 0 Å². The zero-order valence-corrected chi connectivity index (χ0v) is 33.9. The Morgan fingerprint density at radius 1 is 0.350 bits per heavy atom. The molecule has 2 nitrogen and oxygen atoms in total. The first-order chi connectivity index (χ1) is 29.7. The molecular weight excluding hydrogens is 767 g/mol. The van der Waals surface area contributed by atoms with Crippen molar-refractivity contribution in [2.24, 2.45) is 0 Å². The largest absolute Gasteiger partial charge is 0.455 e. The molecule has 0 N–H and O–H groups in total. The molecule has 0 unspecified atom stereocenters. The second-order valence-corrected chi connectivity index (χ2v) is 17.7. The Morgan fingerprint density at radius 3 is 1.48 bits per heavy atom. The minimum atomic E-state index is 0.916. The fourth-order valence-corrected chi connectivity index (χ4v) is 11.9. The Kier molecular flexibility index (Phi) is 7.38. The van der Waals surface area contributed by atoms with Gasteiger partial charge in [-0.05, 0) is 99.1 Å². The van der Waals surface area contributed by atoms with Crippen LogP contribution in [0.5, 0.6) is 0 Å². The molecule has 10 aromatic carbocycles. The predicted molar refractivity (Wildman–Crippen MR) is 260 cm³/mol. The molecule has 13 aromatic rings. The van der Waals surface area contributed by atoms with Gasteiger partial charge >= 0.3 is 0 Å². The maximum atomic E-state index is 6.56. The van der Waals surface area contributed by atoms with Crippen molar-refractivity contribution in [2.75, 3.05) is 4.90 Å². The maximum Gasteiger partial charge on any atom is 0.143 e. The number of thiophene rings is 2. The lowest BCUT2D eigenvalue weighted by molar-refractivity contribution is 0.673. The molecule has 60 heavy (non-hydrogen) atoms. The minimum absolute atomic E-state index is 0.916. The molecule has 13 rings (SSSR count). The number of fused-ring (bicyclic) bond motifs is 13. The van der Waals surface area contributed by atoms with E-state index in [1.807, 2.05) is 28.7 Å². The Balaban J connectivity index is 0.961. The van der Waals surface area contributed by atoms with Crippen molar-refractivity contribution in [1.29, 1.82) is 0 Å². The topological polar surface area (TPSA) is 16.4 Å². The van der Waals surface area contributed by atoms with Crippen molar-refractivity contribution in [3.05, 3.63) is 200 Å². The maximum absolute atomic E-state index is 6.56. The highest BCUT2D eigenvalue weighted by Gasteiger charge is 2.18. The average molecular weight is 800 g/mol. The van der Waals surface area contributed by atoms with Crippen LogP contribution in [0.1, 0.15) is 0 Å². The van der Waals surface area contributed by atoms with Crippen LogP contribution in [0.25, 0.3) is 106 Å². The van der Waals surface area contributed by atoms with Crippen molar-refractivity contribution in [3.8, 4) is 22.3 Å². The van der Waals surface area contributed by atoms with Gasteiger partial charge in [-0.3, -0.25) is 0 Å². The number of hydrogen-bond donors (Lipinski definition) is 0. The van der Waals surface area contributed by atoms with Gasteiger partial charge in [0.1, 0.15) is 11.2 Å². The van der Waals surface area contributed by atoms with Gasteiger partial charge in [-0.25, -0.2) is 0 Å². The standard InChI is InChI=1S/C56H33NOS2/c1-4-16-50-44(9-1)47-31-25-36-19-20-37-33-40(30-32-41(37)53(36)54(47)58-50)57(38-26-21-34(22-27-38)42-12-7-14-48-45-10-2-5-17-51(45)59-55(42)48)39-28-23-35(24-29-39)43-13-8-15-49-46-11-3-6-18-52(46)60-56(43)49/h1-33H. The van der Waals surface area contributed by atoms with Crippen LogP contribution in [0, 0.1) is 0 Å². The molecule has 0 radical (unpaired) electrons. The summed E-state index contributed by atoms with van der Waals surface area (Å²) in [6.07, 6.45) is 0. The summed E-state index contributed by atoms with van der Waals surface area (Å²) in [7, 11) is 0. The van der Waals surface area contributed by atoms with Crippen molar-refractivity contribution < 1.29 is 4.42 Å². The molecule has 3 heterocycles. The molecule has 0 aliphatic rings. The Hall–Kier alpha value is -7.24. The molecular formula is C56H33NOS2. The molecule has 0 fully saturated rings. The van der Waals surface area contributed by atoms with Gasteiger partial charge in [-0.2, -0.15) is 0 Å². The third-order valence-corrected chi connectivity index (χ3v) is 14.7. The molecule has 0 atom stereocenters. The molecule has 3 aromatic heterocycles. The van der Waals surface area contributed by atoms with Crippen molar-refractivity contribution in [2.45, 2.75) is 0 Å². The summed E-state index contributed by atoms with van der Waals surface area (Å²) >= 11 is 3.75. The van der Waals surface area contributed by atoms with Crippen LogP contribution in [-0.4, -0.2) is 0 Å². The van der Waals surface area contributed by atoms with E-state index in [2.05, 4.69) is 199 Å². The molecule has 0 bridgehead atoms. The van der Waals surface area contributed by atoms with Gasteiger partial charge in [0.2, 0.25) is 0 Å². The summed E-state index contributed by atoms with van der Waals surface area (Å²) in [6.45, 7) is 0. The quantitative estimate of drug-likeness (QED) is 0.161. The molecule has 0 spiro atoms. The summed E-state index contributed by atoms with van der Waals surface area (Å²) in [5.41, 5.74) is 10.1. The number of furan rings is 1. The number of nitrogens with zero attached hydrogens (tertiary/aromatic N) is 1. The van der Waals surface area contributed by atoms with E-state index in [9.17, 15) is 0 Å². The summed E-state index contributed by atoms with van der Waals surface area (Å²) < 4.78 is 11.9. The van der Waals surface area contributed by atoms with Crippen molar-refractivity contribution >= 4 is 124 Å². The van der Waals surface area contributed by atoms with Gasteiger partial charge in [0.05, 0.1) is 0 Å². The molecule has 0 amide bonds. The monoisotopic (exact) mass is 799 g/mol. The lowest BCUT2D eigenvalue weighted by Gasteiger charge is -2.26. The van der Waals surface area contributed by atoms with Crippen LogP contribution in [0.4, 0.5) is 17.1 Å². The lowest BCUT2D eigenvalue weighted by atomic mass is 9.98. The Bertz CT molecular complexity index is 3680. The molecule has 280 valence electrons. The lowest BCUT2D eigenvalue weighted by Crippen LogP contribution is -2.09. The fraction of sp³-hybridized carbons (Fsp3) is 0. The molecule has 0 saturated heterocycles. The third-order valence-electron chi connectivity index (χ3n) is 12.3. The highest BCUT2D eigenvalue weighted by Crippen LogP contribution is 2.45. The average Bonchev–Trinajstić information content (AvgIpc) is 4.01. The molecule has 4 heteroatoms. The Morgan fingerprint density at radius 2 is 0.850 bits per heavy atom. The van der Waals surface area contributed by atoms with E-state index in [-0.39, 0.29) is 0 Å². The summed E-state index contributed by atoms with van der Waals surface area (Å²) in [5, 5.41) is 12.2. The van der Waals surface area contributed by atoms with Gasteiger partial charge in [0, 0.05) is 73.6 Å². The molecule has 0 saturated carbocycles. The highest BCUT2D eigenvalue weighted by molar-refractivity contribution is 7.26. The molecule has 0 aliphatic carbocycles. The van der Waals surface area contributed by atoms with E-state index in [4.69, 9.17) is 4.42 Å². The van der Waals surface area contributed by atoms with Crippen LogP contribution in [0.2, 0.25) is 0 Å². The first kappa shape index (κ1) is 33.7. The van der Waals surface area contributed by atoms with Crippen LogP contribution in [0.15, 0.2) is 205 Å². The highest BCUT2D eigenvalue weighted by atomic mass is 32.1. The van der Waals surface area contributed by atoms with E-state index < -0.39 is 0 Å². The zero-order chi connectivity index (χ0) is 39.3. The van der Waals surface area contributed by atoms with E-state index in [0.717, 1.165) is 44.4 Å². The SMILES string of the molecule is c1ccc2c(c1)oc1c2ccc2ccc3cc(N(c4ccc(-c5cccc6c5sc5ccccc56)cc4)c4ccc(-c5cccc6c5sc5ccccc56)cc4)ccc3c21. The smallest absolute Gasteiger partial charge is 0.143 e. The normalized spacial score (nSPS) is 12.0. The summed E-state index contributed by atoms with van der Waals surface area (Å²) in [5.74, 6) is 0. The molecule has 0 aliphatic heterocycles. The third kappa shape index (κ3) is 5.11. The Labute approximate surface area is 353 Å². The second-order valence-electron chi connectivity index (χ2n) is 15.6.